The summed E-state index contributed by atoms with van der Waals surface area (Å²) in [5.74, 6) is -0.229. The van der Waals surface area contributed by atoms with E-state index < -0.39 is 11.6 Å². The average Bonchev–Trinajstić information content (AvgIpc) is 2.68. The van der Waals surface area contributed by atoms with Crippen molar-refractivity contribution in [2.75, 3.05) is 0 Å². The van der Waals surface area contributed by atoms with Gasteiger partial charge in [0, 0.05) is 16.5 Å². The number of carbonyl (C=O) groups is 1. The molecular formula is C22H13ClO4. The minimum Gasteiger partial charge on any atom is -0.423 e. The van der Waals surface area contributed by atoms with Crippen LogP contribution in [0.4, 0.5) is 0 Å². The monoisotopic (exact) mass is 376 g/mol. The van der Waals surface area contributed by atoms with Crippen molar-refractivity contribution in [1.82, 2.24) is 0 Å². The van der Waals surface area contributed by atoms with Crippen LogP contribution in [0.3, 0.4) is 0 Å². The van der Waals surface area contributed by atoms with Crippen molar-refractivity contribution in [2.45, 2.75) is 0 Å². The van der Waals surface area contributed by atoms with E-state index in [4.69, 9.17) is 20.8 Å². The van der Waals surface area contributed by atoms with Gasteiger partial charge in [-0.25, -0.2) is 9.59 Å². The number of fused-ring (bicyclic) bond motifs is 1. The van der Waals surface area contributed by atoms with Gasteiger partial charge in [-0.15, -0.1) is 0 Å². The number of esters is 1. The lowest BCUT2D eigenvalue weighted by Gasteiger charge is -2.06. The maximum atomic E-state index is 12.3. The van der Waals surface area contributed by atoms with Gasteiger partial charge in [0.05, 0.1) is 11.1 Å². The van der Waals surface area contributed by atoms with E-state index in [1.807, 2.05) is 30.3 Å². The highest BCUT2D eigenvalue weighted by Gasteiger charge is 2.11. The van der Waals surface area contributed by atoms with E-state index in [0.29, 0.717) is 21.7 Å². The van der Waals surface area contributed by atoms with Crippen LogP contribution < -0.4 is 10.4 Å². The van der Waals surface area contributed by atoms with Gasteiger partial charge in [-0.2, -0.15) is 0 Å². The Morgan fingerprint density at radius 3 is 2.37 bits per heavy atom. The van der Waals surface area contributed by atoms with E-state index in [0.717, 1.165) is 10.9 Å². The number of rotatable bonds is 3. The minimum atomic E-state index is -0.519. The molecule has 0 saturated carbocycles. The second-order valence-electron chi connectivity index (χ2n) is 5.91. The summed E-state index contributed by atoms with van der Waals surface area (Å²) in [5.41, 5.74) is 1.54. The summed E-state index contributed by atoms with van der Waals surface area (Å²) >= 11 is 5.82. The van der Waals surface area contributed by atoms with Crippen LogP contribution in [0.1, 0.15) is 10.4 Å². The van der Waals surface area contributed by atoms with Crippen molar-refractivity contribution < 1.29 is 13.9 Å². The molecule has 0 aliphatic rings. The summed E-state index contributed by atoms with van der Waals surface area (Å²) in [4.78, 5) is 24.5. The van der Waals surface area contributed by atoms with Crippen molar-refractivity contribution in [2.24, 2.45) is 0 Å². The molecule has 0 unspecified atom stereocenters. The second kappa shape index (κ2) is 7.09. The standard InChI is InChI=1S/C22H13ClO4/c23-17-9-6-15(7-10-17)21(24)26-18-11-8-16-12-19(14-4-2-1-3-5-14)22(25)27-20(16)13-18/h1-13H. The first kappa shape index (κ1) is 17.1. The topological polar surface area (TPSA) is 56.5 Å². The van der Waals surface area contributed by atoms with Gasteiger partial charge in [0.1, 0.15) is 11.3 Å². The van der Waals surface area contributed by atoms with Gasteiger partial charge in [0.15, 0.2) is 0 Å². The third-order valence-electron chi connectivity index (χ3n) is 4.08. The SMILES string of the molecule is O=C(Oc1ccc2cc(-c3ccccc3)c(=O)oc2c1)c1ccc(Cl)cc1. The number of ether oxygens (including phenoxy) is 1. The Labute approximate surface area is 159 Å². The zero-order valence-electron chi connectivity index (χ0n) is 14.0. The van der Waals surface area contributed by atoms with E-state index in [-0.39, 0.29) is 5.75 Å². The zero-order valence-corrected chi connectivity index (χ0v) is 14.8. The van der Waals surface area contributed by atoms with Crippen LogP contribution in [0.25, 0.3) is 22.1 Å². The Balaban J connectivity index is 1.66. The zero-order chi connectivity index (χ0) is 18.8. The molecule has 3 aromatic carbocycles. The van der Waals surface area contributed by atoms with Crippen LogP contribution >= 0.6 is 11.6 Å². The van der Waals surface area contributed by atoms with Crippen molar-refractivity contribution in [3.8, 4) is 16.9 Å². The Morgan fingerprint density at radius 2 is 1.63 bits per heavy atom. The molecule has 132 valence electrons. The predicted octanol–water partition coefficient (Wildman–Crippen LogP) is 5.33. The largest absolute Gasteiger partial charge is 0.423 e. The smallest absolute Gasteiger partial charge is 0.344 e. The lowest BCUT2D eigenvalue weighted by atomic mass is 10.1. The first-order chi connectivity index (χ1) is 13.1. The molecule has 4 nitrogen and oxygen atoms in total. The van der Waals surface area contributed by atoms with E-state index in [1.165, 1.54) is 6.07 Å². The van der Waals surface area contributed by atoms with Crippen LogP contribution in [-0.4, -0.2) is 5.97 Å². The lowest BCUT2D eigenvalue weighted by Crippen LogP contribution is -2.08. The molecule has 0 fully saturated rings. The average molecular weight is 377 g/mol. The summed E-state index contributed by atoms with van der Waals surface area (Å²) in [6, 6.07) is 22.4. The molecule has 0 atom stereocenters. The quantitative estimate of drug-likeness (QED) is 0.275. The van der Waals surface area contributed by atoms with E-state index in [1.54, 1.807) is 42.5 Å². The van der Waals surface area contributed by atoms with Crippen molar-refractivity contribution in [3.63, 3.8) is 0 Å². The van der Waals surface area contributed by atoms with Gasteiger partial charge >= 0.3 is 11.6 Å². The lowest BCUT2D eigenvalue weighted by molar-refractivity contribution is 0.0735. The maximum Gasteiger partial charge on any atom is 0.344 e. The molecule has 0 spiro atoms. The maximum absolute atomic E-state index is 12.3. The van der Waals surface area contributed by atoms with Gasteiger partial charge in [0.2, 0.25) is 0 Å². The fourth-order valence-corrected chi connectivity index (χ4v) is 2.85. The summed E-state index contributed by atoms with van der Waals surface area (Å²) in [6.45, 7) is 0. The van der Waals surface area contributed by atoms with Gasteiger partial charge < -0.3 is 9.15 Å². The molecule has 0 N–H and O–H groups in total. The molecule has 1 heterocycles. The first-order valence-electron chi connectivity index (χ1n) is 8.21. The highest BCUT2D eigenvalue weighted by Crippen LogP contribution is 2.25. The normalized spacial score (nSPS) is 10.7. The molecule has 27 heavy (non-hydrogen) atoms. The second-order valence-corrected chi connectivity index (χ2v) is 6.35. The number of halogens is 1. The molecule has 4 aromatic rings. The minimum absolute atomic E-state index is 0.290. The first-order valence-corrected chi connectivity index (χ1v) is 8.59. The van der Waals surface area contributed by atoms with Gasteiger partial charge in [-0.1, -0.05) is 41.9 Å². The van der Waals surface area contributed by atoms with Crippen LogP contribution in [0.5, 0.6) is 5.75 Å². The van der Waals surface area contributed by atoms with Gasteiger partial charge in [-0.3, -0.25) is 0 Å². The molecule has 1 aromatic heterocycles. The molecule has 5 heteroatoms. The fourth-order valence-electron chi connectivity index (χ4n) is 2.73. The van der Waals surface area contributed by atoms with Crippen LogP contribution in [-0.2, 0) is 0 Å². The Kier molecular flexibility index (Phi) is 4.48. The Bertz CT molecular complexity index is 1180. The Hall–Kier alpha value is -3.37. The summed E-state index contributed by atoms with van der Waals surface area (Å²) in [7, 11) is 0. The number of carbonyl (C=O) groups excluding carboxylic acids is 1. The van der Waals surface area contributed by atoms with E-state index in [9.17, 15) is 9.59 Å². The number of hydrogen-bond acceptors (Lipinski definition) is 4. The third kappa shape index (κ3) is 3.61. The fraction of sp³-hybridized carbons (Fsp3) is 0. The van der Waals surface area contributed by atoms with Gasteiger partial charge in [0.25, 0.3) is 0 Å². The highest BCUT2D eigenvalue weighted by atomic mass is 35.5. The van der Waals surface area contributed by atoms with Crippen molar-refractivity contribution in [3.05, 3.63) is 99.9 Å². The molecule has 0 saturated heterocycles. The molecular weight excluding hydrogens is 364 g/mol. The molecule has 0 aliphatic heterocycles. The van der Waals surface area contributed by atoms with Crippen molar-refractivity contribution >= 4 is 28.5 Å². The van der Waals surface area contributed by atoms with Crippen molar-refractivity contribution in [1.29, 1.82) is 0 Å². The Morgan fingerprint density at radius 1 is 0.889 bits per heavy atom. The van der Waals surface area contributed by atoms with E-state index in [2.05, 4.69) is 0 Å². The van der Waals surface area contributed by atoms with Crippen LogP contribution in [0.2, 0.25) is 5.02 Å². The number of hydrogen-bond donors (Lipinski definition) is 0. The highest BCUT2D eigenvalue weighted by molar-refractivity contribution is 6.30. The van der Waals surface area contributed by atoms with Gasteiger partial charge in [-0.05, 0) is 48.0 Å². The molecule has 0 radical (unpaired) electrons. The van der Waals surface area contributed by atoms with E-state index >= 15 is 0 Å². The molecule has 0 aliphatic carbocycles. The predicted molar refractivity (Wildman–Crippen MR) is 104 cm³/mol. The summed E-state index contributed by atoms with van der Waals surface area (Å²) < 4.78 is 10.8. The van der Waals surface area contributed by atoms with Crippen LogP contribution in [0, 0.1) is 0 Å². The van der Waals surface area contributed by atoms with Crippen LogP contribution in [0.15, 0.2) is 88.1 Å². The summed E-state index contributed by atoms with van der Waals surface area (Å²) in [5, 5.41) is 1.27. The molecule has 0 bridgehead atoms. The molecule has 0 amide bonds. The molecule has 4 rings (SSSR count). The third-order valence-corrected chi connectivity index (χ3v) is 4.33. The number of benzene rings is 3. The summed E-state index contributed by atoms with van der Waals surface area (Å²) in [6.07, 6.45) is 0.